The van der Waals surface area contributed by atoms with E-state index < -0.39 is 5.82 Å². The maximum Gasteiger partial charge on any atom is 0.260 e. The van der Waals surface area contributed by atoms with Crippen molar-refractivity contribution in [1.29, 1.82) is 0 Å². The molecule has 0 saturated heterocycles. The van der Waals surface area contributed by atoms with Gasteiger partial charge in [-0.25, -0.2) is 4.39 Å². The number of nitrogens with zero attached hydrogens (tertiary/aromatic N) is 3. The van der Waals surface area contributed by atoms with Crippen molar-refractivity contribution in [2.75, 3.05) is 5.73 Å². The summed E-state index contributed by atoms with van der Waals surface area (Å²) in [6.07, 6.45) is 2.14. The van der Waals surface area contributed by atoms with Crippen LogP contribution in [0.4, 0.5) is 10.1 Å². The Morgan fingerprint density at radius 2 is 2.05 bits per heavy atom. The molecular formula is C14H11FN4O. The minimum atomic E-state index is -0.507. The molecular weight excluding hydrogens is 259 g/mol. The SMILES string of the molecule is Nc1c(F)cccc1-c1nc(Cc2ccccn2)no1. The average molecular weight is 270 g/mol. The molecule has 0 unspecified atom stereocenters. The van der Waals surface area contributed by atoms with Crippen LogP contribution in [0.15, 0.2) is 47.1 Å². The summed E-state index contributed by atoms with van der Waals surface area (Å²) in [7, 11) is 0. The van der Waals surface area contributed by atoms with Gasteiger partial charge < -0.3 is 10.3 Å². The van der Waals surface area contributed by atoms with Crippen LogP contribution >= 0.6 is 0 Å². The first-order chi connectivity index (χ1) is 9.74. The van der Waals surface area contributed by atoms with E-state index in [-0.39, 0.29) is 11.6 Å². The average Bonchev–Trinajstić information content (AvgIpc) is 2.91. The van der Waals surface area contributed by atoms with Gasteiger partial charge in [-0.1, -0.05) is 17.3 Å². The summed E-state index contributed by atoms with van der Waals surface area (Å²) < 4.78 is 18.5. The maximum absolute atomic E-state index is 13.4. The monoisotopic (exact) mass is 270 g/mol. The first-order valence-electron chi connectivity index (χ1n) is 6.01. The Labute approximate surface area is 114 Å². The van der Waals surface area contributed by atoms with E-state index in [1.165, 1.54) is 6.07 Å². The van der Waals surface area contributed by atoms with Gasteiger partial charge in [-0.2, -0.15) is 4.98 Å². The second-order valence-electron chi connectivity index (χ2n) is 4.21. The fourth-order valence-corrected chi connectivity index (χ4v) is 1.82. The van der Waals surface area contributed by atoms with Gasteiger partial charge in [-0.05, 0) is 24.3 Å². The molecule has 1 aromatic carbocycles. The summed E-state index contributed by atoms with van der Waals surface area (Å²) in [5.74, 6) is 0.169. The Hall–Kier alpha value is -2.76. The van der Waals surface area contributed by atoms with E-state index in [9.17, 15) is 4.39 Å². The fourth-order valence-electron chi connectivity index (χ4n) is 1.82. The third-order valence-electron chi connectivity index (χ3n) is 2.82. The second-order valence-corrected chi connectivity index (χ2v) is 4.21. The molecule has 0 bridgehead atoms. The van der Waals surface area contributed by atoms with Gasteiger partial charge in [0.1, 0.15) is 5.82 Å². The molecule has 5 nitrogen and oxygen atoms in total. The molecule has 0 aliphatic rings. The van der Waals surface area contributed by atoms with Gasteiger partial charge in [0, 0.05) is 11.9 Å². The van der Waals surface area contributed by atoms with E-state index in [1.807, 2.05) is 18.2 Å². The number of hydrogen-bond donors (Lipinski definition) is 1. The molecule has 3 aromatic rings. The molecule has 0 radical (unpaired) electrons. The lowest BCUT2D eigenvalue weighted by molar-refractivity contribution is 0.423. The zero-order valence-corrected chi connectivity index (χ0v) is 10.5. The highest BCUT2D eigenvalue weighted by Gasteiger charge is 2.14. The summed E-state index contributed by atoms with van der Waals surface area (Å²) in [6.45, 7) is 0. The van der Waals surface area contributed by atoms with Crippen LogP contribution in [0.5, 0.6) is 0 Å². The van der Waals surface area contributed by atoms with Gasteiger partial charge in [-0.3, -0.25) is 4.98 Å². The van der Waals surface area contributed by atoms with E-state index in [2.05, 4.69) is 15.1 Å². The lowest BCUT2D eigenvalue weighted by atomic mass is 10.2. The Kier molecular flexibility index (Phi) is 3.12. The summed E-state index contributed by atoms with van der Waals surface area (Å²) >= 11 is 0. The number of pyridine rings is 1. The molecule has 6 heteroatoms. The topological polar surface area (TPSA) is 77.8 Å². The molecule has 3 rings (SSSR count). The summed E-state index contributed by atoms with van der Waals surface area (Å²) in [4.78, 5) is 8.39. The maximum atomic E-state index is 13.4. The van der Waals surface area contributed by atoms with Gasteiger partial charge in [0.05, 0.1) is 17.7 Å². The molecule has 2 heterocycles. The number of para-hydroxylation sites is 1. The normalized spacial score (nSPS) is 10.7. The number of nitrogens with two attached hydrogens (primary N) is 1. The molecule has 0 saturated carbocycles. The molecule has 0 atom stereocenters. The molecule has 0 aliphatic carbocycles. The van der Waals surface area contributed by atoms with Crippen molar-refractivity contribution in [2.24, 2.45) is 0 Å². The first kappa shape index (κ1) is 12.3. The van der Waals surface area contributed by atoms with Gasteiger partial charge in [0.15, 0.2) is 5.82 Å². The van der Waals surface area contributed by atoms with Crippen molar-refractivity contribution < 1.29 is 8.91 Å². The van der Waals surface area contributed by atoms with Crippen LogP contribution < -0.4 is 5.73 Å². The predicted molar refractivity (Wildman–Crippen MR) is 71.1 cm³/mol. The van der Waals surface area contributed by atoms with Crippen molar-refractivity contribution in [3.8, 4) is 11.5 Å². The molecule has 2 aromatic heterocycles. The molecule has 0 amide bonds. The van der Waals surface area contributed by atoms with Gasteiger partial charge in [0.2, 0.25) is 0 Å². The number of halogens is 1. The van der Waals surface area contributed by atoms with Crippen molar-refractivity contribution in [1.82, 2.24) is 15.1 Å². The predicted octanol–water partition coefficient (Wildman–Crippen LogP) is 2.44. The number of nitrogen functional groups attached to an aromatic ring is 1. The summed E-state index contributed by atoms with van der Waals surface area (Å²) in [5.41, 5.74) is 6.88. The highest BCUT2D eigenvalue weighted by Crippen LogP contribution is 2.26. The molecule has 100 valence electrons. The molecule has 0 aliphatic heterocycles. The zero-order valence-electron chi connectivity index (χ0n) is 10.5. The van der Waals surface area contributed by atoms with Crippen molar-refractivity contribution in [2.45, 2.75) is 6.42 Å². The van der Waals surface area contributed by atoms with Crippen molar-refractivity contribution >= 4 is 5.69 Å². The second kappa shape index (κ2) is 5.08. The minimum Gasteiger partial charge on any atom is -0.396 e. The Balaban J connectivity index is 1.89. The highest BCUT2D eigenvalue weighted by molar-refractivity contribution is 5.70. The van der Waals surface area contributed by atoms with Crippen LogP contribution in [0.3, 0.4) is 0 Å². The van der Waals surface area contributed by atoms with Crippen molar-refractivity contribution in [3.63, 3.8) is 0 Å². The van der Waals surface area contributed by atoms with Crippen molar-refractivity contribution in [3.05, 3.63) is 59.9 Å². The Bertz CT molecular complexity index is 727. The number of aromatic nitrogens is 3. The van der Waals surface area contributed by atoms with E-state index >= 15 is 0 Å². The number of anilines is 1. The smallest absolute Gasteiger partial charge is 0.260 e. The van der Waals surface area contributed by atoms with Crippen LogP contribution in [-0.2, 0) is 6.42 Å². The first-order valence-corrected chi connectivity index (χ1v) is 6.01. The van der Waals surface area contributed by atoms with Crippen LogP contribution in [-0.4, -0.2) is 15.1 Å². The third-order valence-corrected chi connectivity index (χ3v) is 2.82. The largest absolute Gasteiger partial charge is 0.396 e. The van der Waals surface area contributed by atoms with E-state index in [0.717, 1.165) is 5.69 Å². The zero-order chi connectivity index (χ0) is 13.9. The Morgan fingerprint density at radius 3 is 2.85 bits per heavy atom. The Morgan fingerprint density at radius 1 is 1.15 bits per heavy atom. The number of hydrogen-bond acceptors (Lipinski definition) is 5. The third kappa shape index (κ3) is 2.35. The molecule has 2 N–H and O–H groups in total. The molecule has 0 spiro atoms. The summed E-state index contributed by atoms with van der Waals surface area (Å²) in [5, 5.41) is 3.85. The van der Waals surface area contributed by atoms with E-state index in [0.29, 0.717) is 17.8 Å². The fraction of sp³-hybridized carbons (Fsp3) is 0.0714. The highest BCUT2D eigenvalue weighted by atomic mass is 19.1. The van der Waals surface area contributed by atoms with Gasteiger partial charge in [-0.15, -0.1) is 0 Å². The van der Waals surface area contributed by atoms with Gasteiger partial charge >= 0.3 is 0 Å². The van der Waals surface area contributed by atoms with Crippen LogP contribution in [0, 0.1) is 5.82 Å². The van der Waals surface area contributed by atoms with Crippen LogP contribution in [0.1, 0.15) is 11.5 Å². The molecule has 20 heavy (non-hydrogen) atoms. The number of benzene rings is 1. The van der Waals surface area contributed by atoms with Crippen LogP contribution in [0.2, 0.25) is 0 Å². The lowest BCUT2D eigenvalue weighted by Gasteiger charge is -2.00. The molecule has 0 fully saturated rings. The quantitative estimate of drug-likeness (QED) is 0.739. The van der Waals surface area contributed by atoms with Crippen LogP contribution in [0.25, 0.3) is 11.5 Å². The van der Waals surface area contributed by atoms with Gasteiger partial charge in [0.25, 0.3) is 5.89 Å². The standard InChI is InChI=1S/C14H11FN4O/c15-11-6-3-5-10(13(11)16)14-18-12(19-20-14)8-9-4-1-2-7-17-9/h1-7H,8,16H2. The minimum absolute atomic E-state index is 0.000496. The number of rotatable bonds is 3. The van der Waals surface area contributed by atoms with E-state index in [1.54, 1.807) is 18.3 Å². The lowest BCUT2D eigenvalue weighted by Crippen LogP contribution is -1.95. The summed E-state index contributed by atoms with van der Waals surface area (Å²) in [6, 6.07) is 10.0. The van der Waals surface area contributed by atoms with E-state index in [4.69, 9.17) is 10.3 Å².